The third-order valence-electron chi connectivity index (χ3n) is 5.08. The number of fused-ring (bicyclic) bond motifs is 1. The molecule has 1 aromatic heterocycles. The molecule has 0 saturated carbocycles. The van der Waals surface area contributed by atoms with Crippen molar-refractivity contribution >= 4 is 17.3 Å². The Morgan fingerprint density at radius 3 is 2.61 bits per heavy atom. The minimum atomic E-state index is -0.427. The number of nitrogens with zero attached hydrogens (tertiary/aromatic N) is 3. The van der Waals surface area contributed by atoms with E-state index in [0.717, 1.165) is 16.8 Å². The predicted octanol–water partition coefficient (Wildman–Crippen LogP) is 3.91. The fraction of sp³-hybridized carbons (Fsp3) is 0.182. The average molecular weight is 373 g/mol. The molecule has 2 aromatic carbocycles. The number of nitro groups is 1. The van der Waals surface area contributed by atoms with E-state index < -0.39 is 10.8 Å². The quantitative estimate of drug-likeness (QED) is 0.502. The number of carbonyl (C=O) groups is 1. The van der Waals surface area contributed by atoms with Crippen LogP contribution in [0.5, 0.6) is 0 Å². The molecular weight excluding hydrogens is 354 g/mol. The Labute approximate surface area is 162 Å². The third-order valence-corrected chi connectivity index (χ3v) is 5.08. The van der Waals surface area contributed by atoms with Gasteiger partial charge in [-0.2, -0.15) is 0 Å². The van der Waals surface area contributed by atoms with Gasteiger partial charge in [0, 0.05) is 37.0 Å². The summed E-state index contributed by atoms with van der Waals surface area (Å²) in [6.45, 7) is 0.529. The van der Waals surface area contributed by atoms with Crippen LogP contribution >= 0.6 is 0 Å². The smallest absolute Gasteiger partial charge is 0.271 e. The van der Waals surface area contributed by atoms with Crippen LogP contribution in [0.1, 0.15) is 22.7 Å². The molecule has 1 unspecified atom stereocenters. The molecule has 1 aliphatic heterocycles. The standard InChI is InChI=1S/C22H19N3O3/c26-22(24-13-11-17-9-10-19(25(27)28)15-21(17)24)20(16-6-2-1-3-7-16)14-18-8-4-5-12-23-18/h1-10,12,15,20H,11,13-14H2. The maximum absolute atomic E-state index is 13.5. The molecule has 3 aromatic rings. The zero-order valence-corrected chi connectivity index (χ0v) is 15.2. The van der Waals surface area contributed by atoms with Crippen molar-refractivity contribution in [3.8, 4) is 0 Å². The molecule has 6 nitrogen and oxygen atoms in total. The molecule has 0 spiro atoms. The molecule has 0 bridgehead atoms. The highest BCUT2D eigenvalue weighted by atomic mass is 16.6. The van der Waals surface area contributed by atoms with Gasteiger partial charge in [0.2, 0.25) is 5.91 Å². The first-order chi connectivity index (χ1) is 13.6. The van der Waals surface area contributed by atoms with Crippen LogP contribution in [0.3, 0.4) is 0 Å². The molecule has 140 valence electrons. The predicted molar refractivity (Wildman–Crippen MR) is 106 cm³/mol. The number of anilines is 1. The lowest BCUT2D eigenvalue weighted by molar-refractivity contribution is -0.384. The van der Waals surface area contributed by atoms with E-state index in [-0.39, 0.29) is 11.6 Å². The van der Waals surface area contributed by atoms with Crippen LogP contribution in [-0.2, 0) is 17.6 Å². The third kappa shape index (κ3) is 3.49. The molecule has 0 saturated heterocycles. The first kappa shape index (κ1) is 17.9. The summed E-state index contributed by atoms with van der Waals surface area (Å²) >= 11 is 0. The summed E-state index contributed by atoms with van der Waals surface area (Å²) in [5.74, 6) is -0.461. The van der Waals surface area contributed by atoms with E-state index >= 15 is 0 Å². The molecule has 1 amide bonds. The Balaban J connectivity index is 1.69. The zero-order valence-electron chi connectivity index (χ0n) is 15.2. The second kappa shape index (κ2) is 7.60. The summed E-state index contributed by atoms with van der Waals surface area (Å²) in [6.07, 6.45) is 2.89. The molecule has 1 atom stereocenters. The van der Waals surface area contributed by atoms with E-state index in [1.54, 1.807) is 17.2 Å². The Kier molecular flexibility index (Phi) is 4.85. The molecule has 6 heteroatoms. The van der Waals surface area contributed by atoms with E-state index in [1.807, 2.05) is 48.5 Å². The number of carbonyl (C=O) groups excluding carboxylic acids is 1. The Hall–Kier alpha value is -3.54. The molecule has 0 radical (unpaired) electrons. The number of hydrogen-bond donors (Lipinski definition) is 0. The lowest BCUT2D eigenvalue weighted by Gasteiger charge is -2.24. The number of benzene rings is 2. The molecule has 0 N–H and O–H groups in total. The van der Waals surface area contributed by atoms with Crippen molar-refractivity contribution in [3.63, 3.8) is 0 Å². The van der Waals surface area contributed by atoms with Crippen molar-refractivity contribution < 1.29 is 9.72 Å². The fourth-order valence-corrected chi connectivity index (χ4v) is 3.66. The minimum Gasteiger partial charge on any atom is -0.311 e. The second-order valence-electron chi connectivity index (χ2n) is 6.80. The molecule has 28 heavy (non-hydrogen) atoms. The first-order valence-electron chi connectivity index (χ1n) is 9.17. The van der Waals surface area contributed by atoms with Crippen LogP contribution < -0.4 is 4.90 Å². The van der Waals surface area contributed by atoms with Gasteiger partial charge in [-0.15, -0.1) is 0 Å². The molecular formula is C22H19N3O3. The maximum atomic E-state index is 13.5. The van der Waals surface area contributed by atoms with Gasteiger partial charge in [0.1, 0.15) is 0 Å². The number of rotatable bonds is 5. The summed E-state index contributed by atoms with van der Waals surface area (Å²) in [7, 11) is 0. The monoisotopic (exact) mass is 373 g/mol. The van der Waals surface area contributed by atoms with E-state index in [4.69, 9.17) is 0 Å². The topological polar surface area (TPSA) is 76.3 Å². The van der Waals surface area contributed by atoms with Gasteiger partial charge in [-0.3, -0.25) is 19.9 Å². The number of aromatic nitrogens is 1. The molecule has 2 heterocycles. The summed E-state index contributed by atoms with van der Waals surface area (Å²) in [6, 6.07) is 20.0. The summed E-state index contributed by atoms with van der Waals surface area (Å²) in [5.41, 5.74) is 3.35. The highest BCUT2D eigenvalue weighted by Crippen LogP contribution is 2.34. The first-order valence-corrected chi connectivity index (χ1v) is 9.17. The Morgan fingerprint density at radius 2 is 1.89 bits per heavy atom. The van der Waals surface area contributed by atoms with Crippen molar-refractivity contribution in [3.05, 3.63) is 99.9 Å². The normalized spacial score (nSPS) is 13.8. The Bertz CT molecular complexity index is 1010. The number of pyridine rings is 1. The number of amides is 1. The van der Waals surface area contributed by atoms with Gasteiger partial charge >= 0.3 is 0 Å². The SMILES string of the molecule is O=C(C(Cc1ccccn1)c1ccccc1)N1CCc2ccc([N+](=O)[O-])cc21. The van der Waals surface area contributed by atoms with Gasteiger partial charge in [0.25, 0.3) is 5.69 Å². The van der Waals surface area contributed by atoms with Gasteiger partial charge in [-0.05, 0) is 29.7 Å². The zero-order chi connectivity index (χ0) is 19.5. The van der Waals surface area contributed by atoms with Crippen molar-refractivity contribution in [1.29, 1.82) is 0 Å². The lowest BCUT2D eigenvalue weighted by atomic mass is 9.92. The van der Waals surface area contributed by atoms with Crippen molar-refractivity contribution in [2.24, 2.45) is 0 Å². The van der Waals surface area contributed by atoms with Crippen molar-refractivity contribution in [2.75, 3.05) is 11.4 Å². The van der Waals surface area contributed by atoms with Crippen LogP contribution in [0.15, 0.2) is 72.9 Å². The van der Waals surface area contributed by atoms with E-state index in [1.165, 1.54) is 12.1 Å². The highest BCUT2D eigenvalue weighted by molar-refractivity contribution is 6.00. The summed E-state index contributed by atoms with van der Waals surface area (Å²) < 4.78 is 0. The highest BCUT2D eigenvalue weighted by Gasteiger charge is 2.32. The van der Waals surface area contributed by atoms with Crippen molar-refractivity contribution in [2.45, 2.75) is 18.8 Å². The van der Waals surface area contributed by atoms with E-state index in [9.17, 15) is 14.9 Å². The molecule has 0 aliphatic carbocycles. The maximum Gasteiger partial charge on any atom is 0.271 e. The van der Waals surface area contributed by atoms with Crippen LogP contribution in [0.2, 0.25) is 0 Å². The molecule has 0 fully saturated rings. The second-order valence-corrected chi connectivity index (χ2v) is 6.80. The summed E-state index contributed by atoms with van der Waals surface area (Å²) in [5, 5.41) is 11.2. The minimum absolute atomic E-state index is 0.000521. The fourth-order valence-electron chi connectivity index (χ4n) is 3.66. The number of hydrogen-bond acceptors (Lipinski definition) is 4. The van der Waals surface area contributed by atoms with Gasteiger partial charge in [0.15, 0.2) is 0 Å². The van der Waals surface area contributed by atoms with Gasteiger partial charge in [-0.1, -0.05) is 42.5 Å². The number of non-ortho nitro benzene ring substituents is 1. The van der Waals surface area contributed by atoms with Crippen LogP contribution in [0.25, 0.3) is 0 Å². The Morgan fingerprint density at radius 1 is 1.11 bits per heavy atom. The van der Waals surface area contributed by atoms with E-state index in [0.29, 0.717) is 25.1 Å². The van der Waals surface area contributed by atoms with Crippen LogP contribution in [0.4, 0.5) is 11.4 Å². The largest absolute Gasteiger partial charge is 0.311 e. The van der Waals surface area contributed by atoms with Crippen LogP contribution in [-0.4, -0.2) is 22.4 Å². The van der Waals surface area contributed by atoms with Crippen molar-refractivity contribution in [1.82, 2.24) is 4.98 Å². The number of nitro benzene ring substituents is 1. The van der Waals surface area contributed by atoms with Gasteiger partial charge in [-0.25, -0.2) is 0 Å². The molecule has 1 aliphatic rings. The average Bonchev–Trinajstić information content (AvgIpc) is 3.16. The van der Waals surface area contributed by atoms with Gasteiger partial charge in [0.05, 0.1) is 16.5 Å². The lowest BCUT2D eigenvalue weighted by Crippen LogP contribution is -2.34. The molecule has 4 rings (SSSR count). The van der Waals surface area contributed by atoms with Gasteiger partial charge < -0.3 is 4.90 Å². The van der Waals surface area contributed by atoms with E-state index in [2.05, 4.69) is 4.98 Å². The summed E-state index contributed by atoms with van der Waals surface area (Å²) in [4.78, 5) is 30.3. The van der Waals surface area contributed by atoms with Crippen LogP contribution in [0, 0.1) is 10.1 Å².